The molecule has 1 unspecified atom stereocenters. The fourth-order valence-electron chi connectivity index (χ4n) is 2.64. The third kappa shape index (κ3) is 3.71. The van der Waals surface area contributed by atoms with Crippen LogP contribution in [0.25, 0.3) is 0 Å². The first kappa shape index (κ1) is 15.3. The molecule has 1 N–H and O–H groups in total. The molecule has 0 bridgehead atoms. The Morgan fingerprint density at radius 3 is 2.50 bits per heavy atom. The normalized spacial score (nSPS) is 12.4. The van der Waals surface area contributed by atoms with E-state index in [0.29, 0.717) is 6.04 Å². The minimum Gasteiger partial charge on any atom is -0.310 e. The topological polar surface area (TPSA) is 12.0 Å². The minimum absolute atomic E-state index is 0.360. The lowest BCUT2D eigenvalue weighted by Gasteiger charge is -2.21. The second-order valence-corrected chi connectivity index (χ2v) is 6.12. The molecule has 0 aliphatic heterocycles. The van der Waals surface area contributed by atoms with Crippen molar-refractivity contribution in [3.8, 4) is 0 Å². The summed E-state index contributed by atoms with van der Waals surface area (Å²) >= 11 is 3.65. The Morgan fingerprint density at radius 2 is 1.85 bits per heavy atom. The van der Waals surface area contributed by atoms with Crippen LogP contribution in [0.3, 0.4) is 0 Å². The summed E-state index contributed by atoms with van der Waals surface area (Å²) in [6.07, 6.45) is 0.999. The number of halogens is 1. The maximum atomic E-state index is 3.65. The average Bonchev–Trinajstić information content (AvgIpc) is 2.41. The molecular formula is C18H22BrN. The van der Waals surface area contributed by atoms with Crippen molar-refractivity contribution >= 4 is 15.9 Å². The van der Waals surface area contributed by atoms with Crippen molar-refractivity contribution < 1.29 is 0 Å². The lowest BCUT2D eigenvalue weighted by Crippen LogP contribution is -2.24. The maximum absolute atomic E-state index is 3.65. The molecule has 0 heterocycles. The zero-order chi connectivity index (χ0) is 14.5. The molecule has 2 heteroatoms. The molecule has 0 aliphatic rings. The van der Waals surface area contributed by atoms with Crippen molar-refractivity contribution in [3.63, 3.8) is 0 Å². The molecule has 0 amide bonds. The fourth-order valence-corrected chi connectivity index (χ4v) is 3.09. The summed E-state index contributed by atoms with van der Waals surface area (Å²) in [5, 5.41) is 3.61. The molecule has 106 valence electrons. The van der Waals surface area contributed by atoms with Crippen molar-refractivity contribution in [2.24, 2.45) is 0 Å². The molecule has 0 saturated heterocycles. The van der Waals surface area contributed by atoms with Crippen LogP contribution in [0.1, 0.15) is 35.2 Å². The van der Waals surface area contributed by atoms with E-state index in [0.717, 1.165) is 13.0 Å². The summed E-state index contributed by atoms with van der Waals surface area (Å²) in [5.74, 6) is 0. The monoisotopic (exact) mass is 331 g/mol. The Morgan fingerprint density at radius 1 is 1.10 bits per heavy atom. The zero-order valence-electron chi connectivity index (χ0n) is 12.4. The number of rotatable bonds is 5. The Hall–Kier alpha value is -1.12. The Labute approximate surface area is 130 Å². The van der Waals surface area contributed by atoms with E-state index in [1.54, 1.807) is 0 Å². The van der Waals surface area contributed by atoms with Crippen LogP contribution >= 0.6 is 15.9 Å². The molecule has 0 aliphatic carbocycles. The van der Waals surface area contributed by atoms with Crippen LogP contribution < -0.4 is 5.32 Å². The first-order chi connectivity index (χ1) is 9.61. The SMILES string of the molecule is CCNC(Cc1ccccc1Br)c1ccc(C)cc1C. The van der Waals surface area contributed by atoms with Gasteiger partial charge in [0.25, 0.3) is 0 Å². The number of likely N-dealkylation sites (N-methyl/N-ethyl adjacent to an activating group) is 1. The second kappa shape index (κ2) is 7.05. The predicted molar refractivity (Wildman–Crippen MR) is 90.2 cm³/mol. The largest absolute Gasteiger partial charge is 0.310 e. The van der Waals surface area contributed by atoms with Gasteiger partial charge in [-0.05, 0) is 49.6 Å². The van der Waals surface area contributed by atoms with E-state index < -0.39 is 0 Å². The number of benzene rings is 2. The molecule has 0 fully saturated rings. The van der Waals surface area contributed by atoms with Crippen LogP contribution in [0.5, 0.6) is 0 Å². The molecule has 0 aromatic heterocycles. The molecular weight excluding hydrogens is 310 g/mol. The van der Waals surface area contributed by atoms with E-state index >= 15 is 0 Å². The van der Waals surface area contributed by atoms with Crippen LogP contribution in [0.15, 0.2) is 46.9 Å². The van der Waals surface area contributed by atoms with Crippen molar-refractivity contribution in [3.05, 3.63) is 69.2 Å². The minimum atomic E-state index is 0.360. The molecule has 1 atom stereocenters. The summed E-state index contributed by atoms with van der Waals surface area (Å²) in [6.45, 7) is 7.48. The van der Waals surface area contributed by atoms with Crippen LogP contribution in [0, 0.1) is 13.8 Å². The molecule has 0 spiro atoms. The van der Waals surface area contributed by atoms with Gasteiger partial charge < -0.3 is 5.32 Å². The highest BCUT2D eigenvalue weighted by Gasteiger charge is 2.14. The van der Waals surface area contributed by atoms with E-state index in [4.69, 9.17) is 0 Å². The lowest BCUT2D eigenvalue weighted by atomic mass is 9.94. The lowest BCUT2D eigenvalue weighted by molar-refractivity contribution is 0.546. The molecule has 2 aromatic rings. The first-order valence-electron chi connectivity index (χ1n) is 7.15. The van der Waals surface area contributed by atoms with Crippen LogP contribution in [-0.2, 0) is 6.42 Å². The van der Waals surface area contributed by atoms with Gasteiger partial charge in [-0.25, -0.2) is 0 Å². The van der Waals surface area contributed by atoms with E-state index in [1.807, 2.05) is 0 Å². The summed E-state index contributed by atoms with van der Waals surface area (Å²) < 4.78 is 1.19. The number of nitrogens with one attached hydrogen (secondary N) is 1. The summed E-state index contributed by atoms with van der Waals surface area (Å²) in [7, 11) is 0. The highest BCUT2D eigenvalue weighted by molar-refractivity contribution is 9.10. The molecule has 0 saturated carbocycles. The molecule has 20 heavy (non-hydrogen) atoms. The maximum Gasteiger partial charge on any atom is 0.0363 e. The quantitative estimate of drug-likeness (QED) is 0.816. The van der Waals surface area contributed by atoms with Crippen molar-refractivity contribution in [1.29, 1.82) is 0 Å². The number of hydrogen-bond acceptors (Lipinski definition) is 1. The highest BCUT2D eigenvalue weighted by Crippen LogP contribution is 2.26. The summed E-state index contributed by atoms with van der Waals surface area (Å²) in [4.78, 5) is 0. The zero-order valence-corrected chi connectivity index (χ0v) is 14.0. The van der Waals surface area contributed by atoms with Gasteiger partial charge in [-0.3, -0.25) is 0 Å². The fraction of sp³-hybridized carbons (Fsp3) is 0.333. The molecule has 1 nitrogen and oxygen atoms in total. The van der Waals surface area contributed by atoms with Gasteiger partial charge in [0.1, 0.15) is 0 Å². The Kier molecular flexibility index (Phi) is 5.38. The molecule has 0 radical (unpaired) electrons. The number of aryl methyl sites for hydroxylation is 2. The van der Waals surface area contributed by atoms with Gasteiger partial charge in [0, 0.05) is 10.5 Å². The van der Waals surface area contributed by atoms with Crippen molar-refractivity contribution in [1.82, 2.24) is 5.32 Å². The van der Waals surface area contributed by atoms with Gasteiger partial charge >= 0.3 is 0 Å². The predicted octanol–water partition coefficient (Wildman–Crippen LogP) is 4.96. The third-order valence-electron chi connectivity index (χ3n) is 3.63. The van der Waals surface area contributed by atoms with E-state index in [-0.39, 0.29) is 0 Å². The van der Waals surface area contributed by atoms with Crippen LogP contribution in [0.2, 0.25) is 0 Å². The highest BCUT2D eigenvalue weighted by atomic mass is 79.9. The van der Waals surface area contributed by atoms with E-state index in [1.165, 1.54) is 26.7 Å². The summed E-state index contributed by atoms with van der Waals surface area (Å²) in [5.41, 5.74) is 5.43. The standard InChI is InChI=1S/C18H22BrN/c1-4-20-18(12-15-7-5-6-8-17(15)19)16-10-9-13(2)11-14(16)3/h5-11,18,20H,4,12H2,1-3H3. The Balaban J connectivity index is 2.29. The molecule has 2 aromatic carbocycles. The smallest absolute Gasteiger partial charge is 0.0363 e. The van der Waals surface area contributed by atoms with Gasteiger partial charge in [0.05, 0.1) is 0 Å². The number of hydrogen-bond donors (Lipinski definition) is 1. The first-order valence-corrected chi connectivity index (χ1v) is 7.95. The van der Waals surface area contributed by atoms with Crippen LogP contribution in [-0.4, -0.2) is 6.54 Å². The van der Waals surface area contributed by atoms with Gasteiger partial charge in [-0.1, -0.05) is 64.8 Å². The average molecular weight is 332 g/mol. The second-order valence-electron chi connectivity index (χ2n) is 5.27. The van der Waals surface area contributed by atoms with Gasteiger partial charge in [0.15, 0.2) is 0 Å². The van der Waals surface area contributed by atoms with E-state index in [2.05, 4.69) is 84.5 Å². The molecule has 2 rings (SSSR count). The van der Waals surface area contributed by atoms with Crippen molar-refractivity contribution in [2.75, 3.05) is 6.54 Å². The van der Waals surface area contributed by atoms with Gasteiger partial charge in [-0.15, -0.1) is 0 Å². The van der Waals surface area contributed by atoms with Gasteiger partial charge in [-0.2, -0.15) is 0 Å². The van der Waals surface area contributed by atoms with Crippen molar-refractivity contribution in [2.45, 2.75) is 33.2 Å². The van der Waals surface area contributed by atoms with E-state index in [9.17, 15) is 0 Å². The third-order valence-corrected chi connectivity index (χ3v) is 4.41. The van der Waals surface area contributed by atoms with Gasteiger partial charge in [0.2, 0.25) is 0 Å². The Bertz CT molecular complexity index is 577. The van der Waals surface area contributed by atoms with Crippen LogP contribution in [0.4, 0.5) is 0 Å². The summed E-state index contributed by atoms with van der Waals surface area (Å²) in [6, 6.07) is 15.6.